The van der Waals surface area contributed by atoms with E-state index in [0.29, 0.717) is 5.92 Å². The average Bonchev–Trinajstić information content (AvgIpc) is 3.31. The van der Waals surface area contributed by atoms with E-state index in [9.17, 15) is 10.1 Å². The topological polar surface area (TPSA) is 46.4 Å². The van der Waals surface area contributed by atoms with E-state index in [1.54, 1.807) is 13.0 Å². The summed E-state index contributed by atoms with van der Waals surface area (Å²) >= 11 is 0. The summed E-state index contributed by atoms with van der Waals surface area (Å²) in [5.41, 5.74) is 4.59. The quantitative estimate of drug-likeness (QED) is 0.622. The van der Waals surface area contributed by atoms with E-state index in [0.717, 1.165) is 30.6 Å². The van der Waals surface area contributed by atoms with Gasteiger partial charge in [-0.05, 0) is 55.4 Å². The fourth-order valence-electron chi connectivity index (χ4n) is 2.93. The molecule has 4 heteroatoms. The maximum absolute atomic E-state index is 10.9. The lowest BCUT2D eigenvalue weighted by atomic mass is 9.97. The third kappa shape index (κ3) is 2.84. The summed E-state index contributed by atoms with van der Waals surface area (Å²) in [7, 11) is 0. The lowest BCUT2D eigenvalue weighted by Gasteiger charge is -2.30. The summed E-state index contributed by atoms with van der Waals surface area (Å²) in [6.07, 6.45) is 5.78. The fourth-order valence-corrected chi connectivity index (χ4v) is 2.93. The predicted octanol–water partition coefficient (Wildman–Crippen LogP) is 3.92. The second-order valence-electron chi connectivity index (χ2n) is 5.95. The van der Waals surface area contributed by atoms with Crippen LogP contribution in [0.1, 0.15) is 30.4 Å². The summed E-state index contributed by atoms with van der Waals surface area (Å²) in [5, 5.41) is 10.9. The van der Waals surface area contributed by atoms with Crippen LogP contribution in [0.3, 0.4) is 0 Å². The van der Waals surface area contributed by atoms with Gasteiger partial charge in [-0.1, -0.05) is 12.7 Å². The molecule has 2 aliphatic rings. The number of hydrogen-bond donors (Lipinski definition) is 0. The van der Waals surface area contributed by atoms with Gasteiger partial charge in [0.05, 0.1) is 4.92 Å². The molecule has 1 aromatic rings. The van der Waals surface area contributed by atoms with Crippen LogP contribution in [0.4, 0.5) is 5.69 Å². The van der Waals surface area contributed by atoms with Crippen molar-refractivity contribution in [1.82, 2.24) is 4.90 Å². The van der Waals surface area contributed by atoms with Gasteiger partial charge in [0.2, 0.25) is 0 Å². The lowest BCUT2D eigenvalue weighted by Crippen LogP contribution is -2.28. The van der Waals surface area contributed by atoms with Crippen molar-refractivity contribution in [3.05, 3.63) is 57.8 Å². The van der Waals surface area contributed by atoms with Gasteiger partial charge in [0.15, 0.2) is 0 Å². The minimum atomic E-state index is -0.324. The third-order valence-corrected chi connectivity index (χ3v) is 4.43. The third-order valence-electron chi connectivity index (χ3n) is 4.43. The van der Waals surface area contributed by atoms with E-state index in [1.165, 1.54) is 24.1 Å². The molecule has 0 atom stereocenters. The van der Waals surface area contributed by atoms with Crippen molar-refractivity contribution in [1.29, 1.82) is 0 Å². The van der Waals surface area contributed by atoms with Crippen molar-refractivity contribution in [3.63, 3.8) is 0 Å². The number of nitro benzene ring substituents is 1. The Hall–Kier alpha value is -2.10. The first kappa shape index (κ1) is 13.9. The van der Waals surface area contributed by atoms with Crippen molar-refractivity contribution in [2.45, 2.75) is 26.2 Å². The summed E-state index contributed by atoms with van der Waals surface area (Å²) in [6, 6.07) is 5.40. The zero-order valence-electron chi connectivity index (χ0n) is 12.3. The SMILES string of the molecule is C=C(C1CC1)N1CC=C(c2ccc([N+](=O)[O-])c(C)c2)CC1. The Kier molecular flexibility index (Phi) is 3.53. The highest BCUT2D eigenvalue weighted by atomic mass is 16.6. The molecule has 1 aliphatic heterocycles. The van der Waals surface area contributed by atoms with Crippen LogP contribution in [0, 0.1) is 23.0 Å². The molecular weight excluding hydrogens is 264 g/mol. The van der Waals surface area contributed by atoms with Crippen molar-refractivity contribution < 1.29 is 4.92 Å². The monoisotopic (exact) mass is 284 g/mol. The van der Waals surface area contributed by atoms with Crippen LogP contribution in [0.2, 0.25) is 0 Å². The van der Waals surface area contributed by atoms with Gasteiger partial charge in [-0.2, -0.15) is 0 Å². The summed E-state index contributed by atoms with van der Waals surface area (Å²) in [5.74, 6) is 0.710. The van der Waals surface area contributed by atoms with Gasteiger partial charge < -0.3 is 4.90 Å². The molecule has 0 saturated heterocycles. The zero-order valence-corrected chi connectivity index (χ0v) is 12.3. The number of nitrogens with zero attached hydrogens (tertiary/aromatic N) is 2. The Morgan fingerprint density at radius 1 is 1.43 bits per heavy atom. The standard InChI is InChI=1S/C17H20N2O2/c1-12-11-16(5-6-17(12)19(20)21)15-7-9-18(10-8-15)13(2)14-3-4-14/h5-7,11,14H,2-4,8-10H2,1H3. The van der Waals surface area contributed by atoms with E-state index >= 15 is 0 Å². The van der Waals surface area contributed by atoms with Crippen LogP contribution in [0.5, 0.6) is 0 Å². The maximum atomic E-state index is 10.9. The van der Waals surface area contributed by atoms with Crippen LogP contribution >= 0.6 is 0 Å². The van der Waals surface area contributed by atoms with Crippen LogP contribution < -0.4 is 0 Å². The summed E-state index contributed by atoms with van der Waals surface area (Å²) < 4.78 is 0. The number of aryl methyl sites for hydroxylation is 1. The Balaban J connectivity index is 1.74. The minimum absolute atomic E-state index is 0.193. The van der Waals surface area contributed by atoms with Crippen molar-refractivity contribution in [3.8, 4) is 0 Å². The van der Waals surface area contributed by atoms with Crippen molar-refractivity contribution >= 4 is 11.3 Å². The molecule has 1 heterocycles. The van der Waals surface area contributed by atoms with Gasteiger partial charge >= 0.3 is 0 Å². The molecule has 0 amide bonds. The van der Waals surface area contributed by atoms with Crippen LogP contribution in [0.25, 0.3) is 5.57 Å². The zero-order chi connectivity index (χ0) is 15.0. The Morgan fingerprint density at radius 3 is 2.71 bits per heavy atom. The number of benzene rings is 1. The molecule has 21 heavy (non-hydrogen) atoms. The number of rotatable bonds is 4. The summed E-state index contributed by atoms with van der Waals surface area (Å²) in [6.45, 7) is 7.90. The number of nitro groups is 1. The molecule has 3 rings (SSSR count). The van der Waals surface area contributed by atoms with Gasteiger partial charge in [0.25, 0.3) is 5.69 Å². The smallest absolute Gasteiger partial charge is 0.272 e. The Morgan fingerprint density at radius 2 is 2.19 bits per heavy atom. The van der Waals surface area contributed by atoms with Crippen molar-refractivity contribution in [2.24, 2.45) is 5.92 Å². The molecule has 0 bridgehead atoms. The van der Waals surface area contributed by atoms with Crippen molar-refractivity contribution in [2.75, 3.05) is 13.1 Å². The predicted molar refractivity (Wildman–Crippen MR) is 83.9 cm³/mol. The highest BCUT2D eigenvalue weighted by molar-refractivity contribution is 5.68. The largest absolute Gasteiger partial charge is 0.371 e. The lowest BCUT2D eigenvalue weighted by molar-refractivity contribution is -0.385. The molecular formula is C17H20N2O2. The molecule has 0 aromatic heterocycles. The molecule has 4 nitrogen and oxygen atoms in total. The van der Waals surface area contributed by atoms with Crippen LogP contribution in [0.15, 0.2) is 36.6 Å². The van der Waals surface area contributed by atoms with Gasteiger partial charge in [-0.15, -0.1) is 0 Å². The maximum Gasteiger partial charge on any atom is 0.272 e. The van der Waals surface area contributed by atoms with Crippen LogP contribution in [-0.2, 0) is 0 Å². The number of allylic oxidation sites excluding steroid dienone is 1. The average molecular weight is 284 g/mol. The van der Waals surface area contributed by atoms with E-state index in [4.69, 9.17) is 0 Å². The van der Waals surface area contributed by atoms with Crippen LogP contribution in [-0.4, -0.2) is 22.9 Å². The molecule has 0 radical (unpaired) electrons. The highest BCUT2D eigenvalue weighted by Crippen LogP contribution is 2.38. The van der Waals surface area contributed by atoms with Gasteiger partial charge in [-0.3, -0.25) is 10.1 Å². The molecule has 0 N–H and O–H groups in total. The molecule has 0 spiro atoms. The molecule has 1 fully saturated rings. The normalized spacial score (nSPS) is 18.3. The van der Waals surface area contributed by atoms with Gasteiger partial charge in [-0.25, -0.2) is 0 Å². The first-order valence-corrected chi connectivity index (χ1v) is 7.44. The first-order chi connectivity index (χ1) is 10.1. The second-order valence-corrected chi connectivity index (χ2v) is 5.95. The molecule has 0 unspecified atom stereocenters. The molecule has 1 aliphatic carbocycles. The molecule has 1 saturated carbocycles. The Labute approximate surface area is 124 Å². The van der Waals surface area contributed by atoms with Gasteiger partial charge in [0, 0.05) is 30.4 Å². The van der Waals surface area contributed by atoms with E-state index in [-0.39, 0.29) is 10.6 Å². The minimum Gasteiger partial charge on any atom is -0.371 e. The number of hydrogen-bond acceptors (Lipinski definition) is 3. The van der Waals surface area contributed by atoms with Gasteiger partial charge in [0.1, 0.15) is 0 Å². The second kappa shape index (κ2) is 5.35. The summed E-state index contributed by atoms with van der Waals surface area (Å²) in [4.78, 5) is 12.9. The fraction of sp³-hybridized carbons (Fsp3) is 0.412. The van der Waals surface area contributed by atoms with E-state index in [1.807, 2.05) is 12.1 Å². The van der Waals surface area contributed by atoms with E-state index < -0.39 is 0 Å². The highest BCUT2D eigenvalue weighted by Gasteiger charge is 2.28. The first-order valence-electron chi connectivity index (χ1n) is 7.44. The van der Waals surface area contributed by atoms with E-state index in [2.05, 4.69) is 17.6 Å². The Bertz CT molecular complexity index is 630. The molecule has 110 valence electrons. The molecule has 1 aromatic carbocycles.